The first-order chi connectivity index (χ1) is 10.8. The highest BCUT2D eigenvalue weighted by Gasteiger charge is 2.25. The maximum atomic E-state index is 12.3. The van der Waals surface area contributed by atoms with Gasteiger partial charge in [-0.3, -0.25) is 4.90 Å². The van der Waals surface area contributed by atoms with Crippen LogP contribution in [0.15, 0.2) is 48.5 Å². The monoisotopic (exact) mass is 297 g/mol. The fourth-order valence-corrected chi connectivity index (χ4v) is 2.47. The largest absolute Gasteiger partial charge is 0.490 e. The number of benzene rings is 2. The zero-order chi connectivity index (χ0) is 15.4. The van der Waals surface area contributed by atoms with Crippen molar-refractivity contribution in [1.82, 2.24) is 0 Å². The smallest absolute Gasteiger partial charge is 0.414 e. The molecule has 22 heavy (non-hydrogen) atoms. The van der Waals surface area contributed by atoms with Gasteiger partial charge in [0.25, 0.3) is 0 Å². The van der Waals surface area contributed by atoms with E-state index in [0.29, 0.717) is 13.2 Å². The van der Waals surface area contributed by atoms with Crippen LogP contribution in [0.25, 0.3) is 0 Å². The van der Waals surface area contributed by atoms with Crippen molar-refractivity contribution in [3.8, 4) is 5.75 Å². The molecule has 0 aromatic heterocycles. The van der Waals surface area contributed by atoms with Gasteiger partial charge in [0.15, 0.2) is 0 Å². The number of nitrogens with zero attached hydrogens (tertiary/aromatic N) is 1. The molecule has 3 rings (SSSR count). The zero-order valence-electron chi connectivity index (χ0n) is 12.6. The van der Waals surface area contributed by atoms with E-state index >= 15 is 0 Å². The molecule has 1 heterocycles. The maximum Gasteiger partial charge on any atom is 0.414 e. The van der Waals surface area contributed by atoms with Crippen LogP contribution in [0.5, 0.6) is 5.75 Å². The summed E-state index contributed by atoms with van der Waals surface area (Å²) in [5, 5.41) is 0. The van der Waals surface area contributed by atoms with Gasteiger partial charge in [0.05, 0.1) is 12.2 Å². The second kappa shape index (κ2) is 6.52. The first kappa shape index (κ1) is 14.4. The SMILES string of the molecule is CCc1ccc2c(c1)OCCN2C(=O)OCc1ccccc1. The van der Waals surface area contributed by atoms with Gasteiger partial charge in [0.1, 0.15) is 19.0 Å². The second-order valence-electron chi connectivity index (χ2n) is 5.20. The van der Waals surface area contributed by atoms with Crippen LogP contribution in [0.2, 0.25) is 0 Å². The number of fused-ring (bicyclic) bond motifs is 1. The standard InChI is InChI=1S/C18H19NO3/c1-2-14-8-9-16-17(12-14)21-11-10-19(16)18(20)22-13-15-6-4-3-5-7-15/h3-9,12H,2,10-11,13H2,1H3. The third-order valence-electron chi connectivity index (χ3n) is 3.72. The Morgan fingerprint density at radius 3 is 2.77 bits per heavy atom. The summed E-state index contributed by atoms with van der Waals surface area (Å²) in [6.45, 7) is 3.36. The minimum atomic E-state index is -0.336. The summed E-state index contributed by atoms with van der Waals surface area (Å²) in [6.07, 6.45) is 0.604. The molecule has 0 radical (unpaired) electrons. The summed E-state index contributed by atoms with van der Waals surface area (Å²) < 4.78 is 11.1. The third kappa shape index (κ3) is 3.06. The lowest BCUT2D eigenvalue weighted by atomic mass is 10.1. The number of rotatable bonds is 3. The van der Waals surface area contributed by atoms with E-state index in [9.17, 15) is 4.79 Å². The number of hydrogen-bond donors (Lipinski definition) is 0. The Morgan fingerprint density at radius 2 is 2.00 bits per heavy atom. The van der Waals surface area contributed by atoms with Gasteiger partial charge in [-0.1, -0.05) is 43.3 Å². The van der Waals surface area contributed by atoms with E-state index in [1.54, 1.807) is 4.90 Å². The van der Waals surface area contributed by atoms with Gasteiger partial charge in [-0.2, -0.15) is 0 Å². The van der Waals surface area contributed by atoms with Gasteiger partial charge in [-0.05, 0) is 29.7 Å². The van der Waals surface area contributed by atoms with Crippen molar-refractivity contribution in [2.75, 3.05) is 18.1 Å². The molecule has 1 amide bonds. The highest BCUT2D eigenvalue weighted by molar-refractivity contribution is 5.90. The Bertz CT molecular complexity index is 655. The van der Waals surface area contributed by atoms with Crippen molar-refractivity contribution in [2.45, 2.75) is 20.0 Å². The van der Waals surface area contributed by atoms with Crippen LogP contribution in [-0.2, 0) is 17.8 Å². The van der Waals surface area contributed by atoms with Crippen molar-refractivity contribution in [1.29, 1.82) is 0 Å². The summed E-state index contributed by atoms with van der Waals surface area (Å²) in [5.74, 6) is 0.752. The minimum absolute atomic E-state index is 0.277. The van der Waals surface area contributed by atoms with Gasteiger partial charge in [0.2, 0.25) is 0 Å². The van der Waals surface area contributed by atoms with Crippen LogP contribution in [0.1, 0.15) is 18.1 Å². The van der Waals surface area contributed by atoms with Gasteiger partial charge in [-0.15, -0.1) is 0 Å². The van der Waals surface area contributed by atoms with Crippen molar-refractivity contribution < 1.29 is 14.3 Å². The Balaban J connectivity index is 1.72. The number of ether oxygens (including phenoxy) is 2. The molecule has 2 aromatic carbocycles. The van der Waals surface area contributed by atoms with Crippen molar-refractivity contribution in [3.63, 3.8) is 0 Å². The van der Waals surface area contributed by atoms with E-state index in [-0.39, 0.29) is 12.7 Å². The first-order valence-electron chi connectivity index (χ1n) is 7.52. The molecular formula is C18H19NO3. The van der Waals surface area contributed by atoms with E-state index in [1.807, 2.05) is 48.5 Å². The van der Waals surface area contributed by atoms with Crippen LogP contribution in [0.3, 0.4) is 0 Å². The summed E-state index contributed by atoms with van der Waals surface area (Å²) in [6, 6.07) is 15.6. The molecule has 4 heteroatoms. The average Bonchev–Trinajstić information content (AvgIpc) is 2.59. The van der Waals surface area contributed by atoms with Gasteiger partial charge < -0.3 is 9.47 Å². The van der Waals surface area contributed by atoms with Crippen molar-refractivity contribution in [2.24, 2.45) is 0 Å². The first-order valence-corrected chi connectivity index (χ1v) is 7.52. The molecule has 0 N–H and O–H groups in total. The van der Waals surface area contributed by atoms with E-state index in [2.05, 4.69) is 6.92 Å². The van der Waals surface area contributed by atoms with E-state index in [1.165, 1.54) is 5.56 Å². The van der Waals surface area contributed by atoms with Crippen LogP contribution in [0.4, 0.5) is 10.5 Å². The van der Waals surface area contributed by atoms with E-state index in [0.717, 1.165) is 23.4 Å². The Kier molecular flexibility index (Phi) is 4.28. The molecule has 1 aliphatic heterocycles. The normalized spacial score (nSPS) is 13.2. The van der Waals surface area contributed by atoms with Crippen molar-refractivity contribution in [3.05, 3.63) is 59.7 Å². The molecule has 0 spiro atoms. The lowest BCUT2D eigenvalue weighted by Crippen LogP contribution is -2.38. The number of carbonyl (C=O) groups excluding carboxylic acids is 1. The van der Waals surface area contributed by atoms with Crippen LogP contribution in [-0.4, -0.2) is 19.2 Å². The van der Waals surface area contributed by atoms with Crippen molar-refractivity contribution >= 4 is 11.8 Å². The minimum Gasteiger partial charge on any atom is -0.490 e. The molecule has 0 aliphatic carbocycles. The molecule has 0 atom stereocenters. The fourth-order valence-electron chi connectivity index (χ4n) is 2.47. The molecule has 114 valence electrons. The predicted molar refractivity (Wildman–Crippen MR) is 85.3 cm³/mol. The van der Waals surface area contributed by atoms with Gasteiger partial charge in [-0.25, -0.2) is 4.79 Å². The van der Waals surface area contributed by atoms with Crippen LogP contribution in [0, 0.1) is 0 Å². The fraction of sp³-hybridized carbons (Fsp3) is 0.278. The lowest BCUT2D eigenvalue weighted by molar-refractivity contribution is 0.144. The van der Waals surface area contributed by atoms with E-state index in [4.69, 9.17) is 9.47 Å². The molecule has 2 aromatic rings. The molecule has 0 bridgehead atoms. The van der Waals surface area contributed by atoms with E-state index < -0.39 is 0 Å². The summed E-state index contributed by atoms with van der Waals surface area (Å²) in [7, 11) is 0. The highest BCUT2D eigenvalue weighted by atomic mass is 16.6. The topological polar surface area (TPSA) is 38.8 Å². The predicted octanol–water partition coefficient (Wildman–Crippen LogP) is 3.78. The average molecular weight is 297 g/mol. The summed E-state index contributed by atoms with van der Waals surface area (Å²) in [5.41, 5.74) is 2.95. The number of aryl methyl sites for hydroxylation is 1. The zero-order valence-corrected chi connectivity index (χ0v) is 12.6. The second-order valence-corrected chi connectivity index (χ2v) is 5.20. The number of hydrogen-bond acceptors (Lipinski definition) is 3. The quantitative estimate of drug-likeness (QED) is 0.865. The maximum absolute atomic E-state index is 12.3. The molecule has 4 nitrogen and oxygen atoms in total. The molecule has 0 saturated carbocycles. The molecule has 0 fully saturated rings. The Morgan fingerprint density at radius 1 is 1.18 bits per heavy atom. The van der Waals surface area contributed by atoms with Gasteiger partial charge in [0, 0.05) is 0 Å². The summed E-state index contributed by atoms with van der Waals surface area (Å²) >= 11 is 0. The Hall–Kier alpha value is -2.49. The van der Waals surface area contributed by atoms with Gasteiger partial charge >= 0.3 is 6.09 Å². The lowest BCUT2D eigenvalue weighted by Gasteiger charge is -2.29. The molecule has 1 aliphatic rings. The molecular weight excluding hydrogens is 278 g/mol. The third-order valence-corrected chi connectivity index (χ3v) is 3.72. The number of carbonyl (C=O) groups is 1. The Labute approximate surface area is 130 Å². The summed E-state index contributed by atoms with van der Waals surface area (Å²) in [4.78, 5) is 14.0. The molecule has 0 unspecified atom stereocenters. The van der Waals surface area contributed by atoms with Crippen LogP contribution < -0.4 is 9.64 Å². The van der Waals surface area contributed by atoms with Crippen LogP contribution >= 0.6 is 0 Å². The number of anilines is 1. The molecule has 0 saturated heterocycles. The number of amides is 1. The highest BCUT2D eigenvalue weighted by Crippen LogP contribution is 2.33.